The minimum Gasteiger partial charge on any atom is -0.224 e. The number of pyridine rings is 1. The first-order valence-corrected chi connectivity index (χ1v) is 8.38. The van der Waals surface area contributed by atoms with Crippen molar-refractivity contribution in [1.29, 1.82) is 0 Å². The zero-order chi connectivity index (χ0) is 18.0. The van der Waals surface area contributed by atoms with Crippen molar-refractivity contribution in [2.45, 2.75) is 11.1 Å². The molecular formula is C13H8Cl2F3N3O2S. The van der Waals surface area contributed by atoms with Gasteiger partial charge in [0.15, 0.2) is 0 Å². The summed E-state index contributed by atoms with van der Waals surface area (Å²) >= 11 is 11.3. The van der Waals surface area contributed by atoms with Crippen molar-refractivity contribution >= 4 is 39.4 Å². The number of hydrazone groups is 1. The van der Waals surface area contributed by atoms with E-state index < -0.39 is 26.7 Å². The van der Waals surface area contributed by atoms with Crippen LogP contribution in [0.1, 0.15) is 11.1 Å². The van der Waals surface area contributed by atoms with Crippen LogP contribution < -0.4 is 4.83 Å². The smallest absolute Gasteiger partial charge is 0.224 e. The highest BCUT2D eigenvalue weighted by Gasteiger charge is 2.36. The molecule has 0 amide bonds. The summed E-state index contributed by atoms with van der Waals surface area (Å²) in [4.78, 5) is 4.46. The molecule has 0 aliphatic heterocycles. The molecule has 128 valence electrons. The molecule has 0 bridgehead atoms. The molecule has 0 aliphatic carbocycles. The van der Waals surface area contributed by atoms with Crippen LogP contribution in [0.4, 0.5) is 13.2 Å². The van der Waals surface area contributed by atoms with Crippen LogP contribution in [0.15, 0.2) is 46.4 Å². The van der Waals surface area contributed by atoms with Gasteiger partial charge in [-0.1, -0.05) is 35.3 Å². The van der Waals surface area contributed by atoms with Gasteiger partial charge in [-0.25, -0.2) is 9.82 Å². The zero-order valence-corrected chi connectivity index (χ0v) is 13.9. The fourth-order valence-corrected chi connectivity index (χ4v) is 3.21. The first kappa shape index (κ1) is 18.5. The van der Waals surface area contributed by atoms with E-state index in [0.29, 0.717) is 11.6 Å². The van der Waals surface area contributed by atoms with E-state index >= 15 is 0 Å². The lowest BCUT2D eigenvalue weighted by Gasteiger charge is -2.12. The van der Waals surface area contributed by atoms with E-state index in [9.17, 15) is 21.6 Å². The molecule has 0 saturated carbocycles. The Hall–Kier alpha value is -1.84. The molecule has 0 saturated heterocycles. The van der Waals surface area contributed by atoms with Gasteiger partial charge in [0.1, 0.15) is 15.2 Å². The Balaban J connectivity index is 2.28. The van der Waals surface area contributed by atoms with Crippen LogP contribution in [0, 0.1) is 0 Å². The molecule has 0 spiro atoms. The molecular weight excluding hydrogens is 390 g/mol. The van der Waals surface area contributed by atoms with Crippen molar-refractivity contribution in [3.8, 4) is 0 Å². The van der Waals surface area contributed by atoms with Crippen LogP contribution in [-0.2, 0) is 16.2 Å². The number of halogens is 5. The number of nitrogens with zero attached hydrogens (tertiary/aromatic N) is 2. The Labute approximate surface area is 145 Å². The van der Waals surface area contributed by atoms with Gasteiger partial charge in [0.05, 0.1) is 11.8 Å². The van der Waals surface area contributed by atoms with E-state index in [1.807, 2.05) is 0 Å². The van der Waals surface area contributed by atoms with Gasteiger partial charge in [-0.05, 0) is 24.3 Å². The van der Waals surface area contributed by atoms with Gasteiger partial charge < -0.3 is 0 Å². The van der Waals surface area contributed by atoms with Crippen LogP contribution >= 0.6 is 23.2 Å². The summed E-state index contributed by atoms with van der Waals surface area (Å²) in [5.74, 6) is 0. The van der Waals surface area contributed by atoms with Crippen LogP contribution in [0.25, 0.3) is 0 Å². The summed E-state index contributed by atoms with van der Waals surface area (Å²) in [6.07, 6.45) is -3.78. The topological polar surface area (TPSA) is 71.4 Å². The quantitative estimate of drug-likeness (QED) is 0.485. The van der Waals surface area contributed by atoms with Crippen molar-refractivity contribution in [2.24, 2.45) is 5.10 Å². The van der Waals surface area contributed by atoms with E-state index in [2.05, 4.69) is 10.1 Å². The van der Waals surface area contributed by atoms with Crippen LogP contribution in [-0.4, -0.2) is 19.6 Å². The molecule has 1 aromatic heterocycles. The second-order valence-electron chi connectivity index (χ2n) is 4.39. The Kier molecular flexibility index (Phi) is 5.36. The number of sulfonamides is 1. The van der Waals surface area contributed by atoms with Crippen molar-refractivity contribution in [2.75, 3.05) is 0 Å². The highest BCUT2D eigenvalue weighted by molar-refractivity contribution is 7.89. The maximum absolute atomic E-state index is 12.9. The lowest BCUT2D eigenvalue weighted by Crippen LogP contribution is -2.22. The molecule has 0 fully saturated rings. The predicted octanol–water partition coefficient (Wildman–Crippen LogP) is 3.72. The third kappa shape index (κ3) is 4.59. The molecule has 0 aliphatic rings. The number of hydrogen-bond acceptors (Lipinski definition) is 4. The predicted molar refractivity (Wildman–Crippen MR) is 83.6 cm³/mol. The molecule has 0 unspecified atom stereocenters. The third-order valence-electron chi connectivity index (χ3n) is 2.65. The van der Waals surface area contributed by atoms with E-state index in [4.69, 9.17) is 23.2 Å². The van der Waals surface area contributed by atoms with Crippen molar-refractivity contribution in [3.05, 3.63) is 57.8 Å². The Morgan fingerprint density at radius 3 is 2.29 bits per heavy atom. The second kappa shape index (κ2) is 6.96. The molecule has 11 heteroatoms. The summed E-state index contributed by atoms with van der Waals surface area (Å²) in [5, 5.41) is 3.52. The molecule has 1 heterocycles. The Morgan fingerprint density at radius 2 is 1.71 bits per heavy atom. The summed E-state index contributed by atoms with van der Waals surface area (Å²) in [6.45, 7) is 0. The largest absolute Gasteiger partial charge is 0.417 e. The standard InChI is InChI=1S/C13H8Cl2F3N3O2S/c14-11-5-8(6-12(15)20-11)7-19-21-24(22,23)10-4-2-1-3-9(10)13(16,17)18/h1-7,21H. The highest BCUT2D eigenvalue weighted by Crippen LogP contribution is 2.33. The van der Waals surface area contributed by atoms with Crippen LogP contribution in [0.3, 0.4) is 0 Å². The van der Waals surface area contributed by atoms with E-state index in [0.717, 1.165) is 18.3 Å². The fourth-order valence-electron chi connectivity index (χ4n) is 1.71. The average molecular weight is 398 g/mol. The average Bonchev–Trinajstić information content (AvgIpc) is 2.45. The minimum atomic E-state index is -4.82. The lowest BCUT2D eigenvalue weighted by atomic mass is 10.2. The van der Waals surface area contributed by atoms with Gasteiger partial charge in [0.25, 0.3) is 10.0 Å². The Morgan fingerprint density at radius 1 is 1.12 bits per heavy atom. The summed E-state index contributed by atoms with van der Waals surface area (Å²) in [7, 11) is -4.51. The van der Waals surface area contributed by atoms with E-state index in [1.54, 1.807) is 4.83 Å². The molecule has 5 nitrogen and oxygen atoms in total. The molecule has 0 atom stereocenters. The number of alkyl halides is 3. The van der Waals surface area contributed by atoms with Gasteiger partial charge >= 0.3 is 6.18 Å². The van der Waals surface area contributed by atoms with Crippen molar-refractivity contribution < 1.29 is 21.6 Å². The summed E-state index contributed by atoms with van der Waals surface area (Å²) < 4.78 is 62.7. The van der Waals surface area contributed by atoms with Gasteiger partial charge in [-0.15, -0.1) is 0 Å². The number of benzene rings is 1. The summed E-state index contributed by atoms with van der Waals surface area (Å²) in [5.41, 5.74) is -0.977. The second-order valence-corrected chi connectivity index (χ2v) is 6.80. The first-order chi connectivity index (χ1) is 11.1. The molecule has 2 rings (SSSR count). The van der Waals surface area contributed by atoms with Crippen LogP contribution in [0.5, 0.6) is 0 Å². The number of aromatic nitrogens is 1. The van der Waals surface area contributed by atoms with Gasteiger partial charge in [-0.3, -0.25) is 0 Å². The van der Waals surface area contributed by atoms with Crippen molar-refractivity contribution in [1.82, 2.24) is 9.82 Å². The van der Waals surface area contributed by atoms with Gasteiger partial charge in [0.2, 0.25) is 0 Å². The molecule has 1 aromatic carbocycles. The minimum absolute atomic E-state index is 0.0502. The molecule has 0 radical (unpaired) electrons. The van der Waals surface area contributed by atoms with Gasteiger partial charge in [-0.2, -0.15) is 26.7 Å². The van der Waals surface area contributed by atoms with E-state index in [-0.39, 0.29) is 10.3 Å². The fraction of sp³-hybridized carbons (Fsp3) is 0.0769. The zero-order valence-electron chi connectivity index (χ0n) is 11.6. The molecule has 1 N–H and O–H groups in total. The monoisotopic (exact) mass is 397 g/mol. The molecule has 2 aromatic rings. The van der Waals surface area contributed by atoms with E-state index in [1.165, 1.54) is 18.2 Å². The first-order valence-electron chi connectivity index (χ1n) is 6.14. The molecule has 24 heavy (non-hydrogen) atoms. The van der Waals surface area contributed by atoms with Crippen molar-refractivity contribution in [3.63, 3.8) is 0 Å². The lowest BCUT2D eigenvalue weighted by molar-refractivity contribution is -0.139. The number of hydrogen-bond donors (Lipinski definition) is 1. The van der Waals surface area contributed by atoms with Gasteiger partial charge in [0, 0.05) is 5.56 Å². The summed E-state index contributed by atoms with van der Waals surface area (Å²) in [6, 6.07) is 6.45. The van der Waals surface area contributed by atoms with Crippen LogP contribution in [0.2, 0.25) is 10.3 Å². The SMILES string of the molecule is O=S(=O)(NN=Cc1cc(Cl)nc(Cl)c1)c1ccccc1C(F)(F)F. The highest BCUT2D eigenvalue weighted by atomic mass is 35.5. The normalized spacial score (nSPS) is 12.5. The maximum atomic E-state index is 12.9. The number of rotatable bonds is 4. The third-order valence-corrected chi connectivity index (χ3v) is 4.32. The maximum Gasteiger partial charge on any atom is 0.417 e. The number of nitrogens with one attached hydrogen (secondary N) is 1. The Bertz CT molecular complexity index is 866.